The van der Waals surface area contributed by atoms with Crippen LogP contribution in [-0.4, -0.2) is 11.0 Å². The Morgan fingerprint density at radius 3 is 2.93 bits per heavy atom. The number of nitrogens with one attached hydrogen (secondary N) is 1. The molecular weight excluding hydrogens is 387 g/mol. The SMILES string of the molecule is CC(C)Nc1cc(Br)ncc1C#CSI. The monoisotopic (exact) mass is 396 g/mol. The van der Waals surface area contributed by atoms with E-state index in [0.717, 1.165) is 15.9 Å². The molecule has 0 aliphatic heterocycles. The Morgan fingerprint density at radius 2 is 2.33 bits per heavy atom. The molecule has 0 aliphatic carbocycles. The minimum Gasteiger partial charge on any atom is -0.382 e. The molecule has 5 heteroatoms. The molecule has 0 unspecified atom stereocenters. The summed E-state index contributed by atoms with van der Waals surface area (Å²) in [7, 11) is 1.47. The number of aromatic nitrogens is 1. The van der Waals surface area contributed by atoms with Crippen molar-refractivity contribution in [2.75, 3.05) is 5.32 Å². The van der Waals surface area contributed by atoms with Crippen LogP contribution in [0.1, 0.15) is 19.4 Å². The summed E-state index contributed by atoms with van der Waals surface area (Å²) in [5.41, 5.74) is 1.95. The maximum atomic E-state index is 4.16. The van der Waals surface area contributed by atoms with Gasteiger partial charge < -0.3 is 5.32 Å². The van der Waals surface area contributed by atoms with E-state index in [2.05, 4.69) is 72.5 Å². The number of hydrogen-bond acceptors (Lipinski definition) is 3. The zero-order valence-electron chi connectivity index (χ0n) is 8.34. The lowest BCUT2D eigenvalue weighted by atomic mass is 10.2. The van der Waals surface area contributed by atoms with E-state index in [-0.39, 0.29) is 0 Å². The first-order valence-electron chi connectivity index (χ1n) is 4.34. The van der Waals surface area contributed by atoms with Gasteiger partial charge in [-0.25, -0.2) is 4.98 Å². The van der Waals surface area contributed by atoms with Gasteiger partial charge in [-0.15, -0.1) is 0 Å². The average Bonchev–Trinajstić information content (AvgIpc) is 2.16. The van der Waals surface area contributed by atoms with Crippen molar-refractivity contribution in [3.05, 3.63) is 22.4 Å². The highest BCUT2D eigenvalue weighted by Crippen LogP contribution is 2.19. The summed E-state index contributed by atoms with van der Waals surface area (Å²) < 4.78 is 0.818. The van der Waals surface area contributed by atoms with Crippen molar-refractivity contribution in [1.29, 1.82) is 0 Å². The van der Waals surface area contributed by atoms with Crippen molar-refractivity contribution in [1.82, 2.24) is 4.98 Å². The van der Waals surface area contributed by atoms with Crippen LogP contribution in [0.15, 0.2) is 16.9 Å². The van der Waals surface area contributed by atoms with E-state index in [1.165, 1.54) is 8.93 Å². The highest BCUT2D eigenvalue weighted by atomic mass is 127. The lowest BCUT2D eigenvalue weighted by molar-refractivity contribution is 0.897. The highest BCUT2D eigenvalue weighted by molar-refractivity contribution is 14.2. The van der Waals surface area contributed by atoms with Gasteiger partial charge in [0.25, 0.3) is 0 Å². The standard InChI is InChI=1S/C10H10BrIN2S/c1-7(2)14-9-5-10(11)13-6-8(9)3-4-15-12/h5-7H,1-2H3,(H,13,14). The van der Waals surface area contributed by atoms with Crippen LogP contribution >= 0.6 is 46.1 Å². The van der Waals surface area contributed by atoms with E-state index in [9.17, 15) is 0 Å². The molecule has 0 aromatic carbocycles. The smallest absolute Gasteiger partial charge is 0.108 e. The fourth-order valence-corrected chi connectivity index (χ4v) is 1.84. The van der Waals surface area contributed by atoms with Gasteiger partial charge in [0.1, 0.15) is 4.60 Å². The molecule has 0 saturated carbocycles. The quantitative estimate of drug-likeness (QED) is 0.463. The van der Waals surface area contributed by atoms with Crippen LogP contribution in [0.4, 0.5) is 5.69 Å². The summed E-state index contributed by atoms with van der Waals surface area (Å²) in [5.74, 6) is 3.06. The van der Waals surface area contributed by atoms with Crippen LogP contribution in [-0.2, 0) is 0 Å². The van der Waals surface area contributed by atoms with E-state index in [4.69, 9.17) is 0 Å². The van der Waals surface area contributed by atoms with Gasteiger partial charge in [0, 0.05) is 33.4 Å². The van der Waals surface area contributed by atoms with E-state index >= 15 is 0 Å². The Bertz CT molecular complexity index is 398. The molecule has 15 heavy (non-hydrogen) atoms. The second-order valence-electron chi connectivity index (χ2n) is 3.16. The molecule has 1 aromatic heterocycles. The van der Waals surface area contributed by atoms with Crippen LogP contribution in [0.5, 0.6) is 0 Å². The zero-order chi connectivity index (χ0) is 11.3. The highest BCUT2D eigenvalue weighted by Gasteiger charge is 2.03. The Kier molecular flexibility index (Phi) is 5.79. The molecule has 0 fully saturated rings. The van der Waals surface area contributed by atoms with Crippen molar-refractivity contribution in [2.45, 2.75) is 19.9 Å². The fourth-order valence-electron chi connectivity index (χ4n) is 1.03. The maximum Gasteiger partial charge on any atom is 0.108 e. The summed E-state index contributed by atoms with van der Waals surface area (Å²) >= 11 is 5.50. The first-order chi connectivity index (χ1) is 7.13. The molecule has 1 heterocycles. The normalized spacial score (nSPS) is 9.67. The van der Waals surface area contributed by atoms with Gasteiger partial charge in [-0.1, -0.05) is 5.92 Å². The van der Waals surface area contributed by atoms with E-state index in [1.807, 2.05) is 6.07 Å². The molecule has 80 valence electrons. The van der Waals surface area contributed by atoms with Crippen molar-refractivity contribution >= 4 is 51.8 Å². The number of halogens is 2. The molecule has 0 spiro atoms. The summed E-state index contributed by atoms with van der Waals surface area (Å²) in [5, 5.41) is 6.29. The van der Waals surface area contributed by atoms with Gasteiger partial charge in [-0.2, -0.15) is 0 Å². The Labute approximate surface area is 115 Å². The number of nitrogens with zero attached hydrogens (tertiary/aromatic N) is 1. The minimum absolute atomic E-state index is 0.382. The third kappa shape index (κ3) is 4.62. The second-order valence-corrected chi connectivity index (χ2v) is 5.65. The second kappa shape index (κ2) is 6.61. The van der Waals surface area contributed by atoms with Gasteiger partial charge in [-0.05, 0) is 50.0 Å². The van der Waals surface area contributed by atoms with Crippen LogP contribution in [0.3, 0.4) is 0 Å². The van der Waals surface area contributed by atoms with Crippen molar-refractivity contribution in [3.63, 3.8) is 0 Å². The van der Waals surface area contributed by atoms with Crippen molar-refractivity contribution < 1.29 is 0 Å². The number of hydrogen-bond donors (Lipinski definition) is 1. The van der Waals surface area contributed by atoms with Crippen LogP contribution in [0.2, 0.25) is 0 Å². The average molecular weight is 397 g/mol. The number of anilines is 1. The van der Waals surface area contributed by atoms with Gasteiger partial charge in [-0.3, -0.25) is 0 Å². The van der Waals surface area contributed by atoms with Crippen LogP contribution in [0.25, 0.3) is 0 Å². The molecule has 1 rings (SSSR count). The predicted molar refractivity (Wildman–Crippen MR) is 79.2 cm³/mol. The van der Waals surface area contributed by atoms with Gasteiger partial charge in [0.15, 0.2) is 0 Å². The molecule has 0 atom stereocenters. The Balaban J connectivity index is 3.03. The first-order valence-corrected chi connectivity index (χ1v) is 8.49. The van der Waals surface area contributed by atoms with Crippen LogP contribution < -0.4 is 5.32 Å². The number of pyridine rings is 1. The summed E-state index contributed by atoms with van der Waals surface area (Å²) in [4.78, 5) is 4.16. The third-order valence-corrected chi connectivity index (χ3v) is 2.81. The minimum atomic E-state index is 0.382. The molecule has 2 nitrogen and oxygen atoms in total. The van der Waals surface area contributed by atoms with Crippen LogP contribution in [0, 0.1) is 11.2 Å². The molecule has 1 aromatic rings. The summed E-state index contributed by atoms with van der Waals surface area (Å²) in [6.45, 7) is 4.19. The van der Waals surface area contributed by atoms with E-state index in [1.54, 1.807) is 6.20 Å². The predicted octanol–water partition coefficient (Wildman–Crippen LogP) is 4.06. The molecule has 0 radical (unpaired) electrons. The topological polar surface area (TPSA) is 24.9 Å². The van der Waals surface area contributed by atoms with Gasteiger partial charge >= 0.3 is 0 Å². The summed E-state index contributed by atoms with van der Waals surface area (Å²) in [6, 6.07) is 2.33. The molecule has 0 aliphatic rings. The third-order valence-electron chi connectivity index (χ3n) is 1.54. The molecular formula is C10H10BrIN2S. The van der Waals surface area contributed by atoms with Crippen molar-refractivity contribution in [3.8, 4) is 11.2 Å². The van der Waals surface area contributed by atoms with Crippen molar-refractivity contribution in [2.24, 2.45) is 0 Å². The summed E-state index contributed by atoms with van der Waals surface area (Å²) in [6.07, 6.45) is 1.77. The van der Waals surface area contributed by atoms with Gasteiger partial charge in [0.2, 0.25) is 0 Å². The Morgan fingerprint density at radius 1 is 1.60 bits per heavy atom. The first kappa shape index (κ1) is 13.1. The zero-order valence-corrected chi connectivity index (χ0v) is 12.9. The fraction of sp³-hybridized carbons (Fsp3) is 0.300. The van der Waals surface area contributed by atoms with E-state index in [0.29, 0.717) is 6.04 Å². The lowest BCUT2D eigenvalue weighted by Crippen LogP contribution is -2.11. The van der Waals surface area contributed by atoms with E-state index < -0.39 is 0 Å². The Hall–Kier alpha value is 0.0700. The molecule has 1 N–H and O–H groups in total. The molecule has 0 bridgehead atoms. The molecule has 0 saturated heterocycles. The number of rotatable bonds is 2. The molecule has 0 amide bonds. The van der Waals surface area contributed by atoms with Gasteiger partial charge in [0.05, 0.1) is 11.3 Å². The maximum absolute atomic E-state index is 4.16. The lowest BCUT2D eigenvalue weighted by Gasteiger charge is -2.11. The largest absolute Gasteiger partial charge is 0.382 e.